The van der Waals surface area contributed by atoms with Crippen molar-refractivity contribution in [3.63, 3.8) is 0 Å². The minimum atomic E-state index is -2.10. The first-order chi connectivity index (χ1) is 17.9. The number of imide groups is 1. The number of carboxylic acid groups (broad SMARTS) is 1. The van der Waals surface area contributed by atoms with Crippen molar-refractivity contribution in [3.05, 3.63) is 47.5 Å². The Kier molecular flexibility index (Phi) is 8.52. The van der Waals surface area contributed by atoms with Crippen LogP contribution in [0.1, 0.15) is 58.4 Å². The molecule has 0 unspecified atom stereocenters. The molecule has 0 spiro atoms. The van der Waals surface area contributed by atoms with Crippen LogP contribution in [-0.4, -0.2) is 48.9 Å². The normalized spacial score (nSPS) is 27.4. The van der Waals surface area contributed by atoms with Crippen molar-refractivity contribution in [2.75, 3.05) is 6.61 Å². The largest absolute Gasteiger partial charge is 0.481 e. The Morgan fingerprint density at radius 1 is 1.13 bits per heavy atom. The molecule has 5 atom stereocenters. The van der Waals surface area contributed by atoms with Gasteiger partial charge in [0, 0.05) is 5.92 Å². The van der Waals surface area contributed by atoms with Crippen molar-refractivity contribution in [3.8, 4) is 0 Å². The van der Waals surface area contributed by atoms with E-state index in [9.17, 15) is 19.5 Å². The molecule has 1 saturated heterocycles. The van der Waals surface area contributed by atoms with Gasteiger partial charge in [0.25, 0.3) is 0 Å². The zero-order valence-corrected chi connectivity index (χ0v) is 24.4. The van der Waals surface area contributed by atoms with E-state index in [2.05, 4.69) is 39.9 Å². The maximum Gasteiger partial charge on any atom is 0.417 e. The fraction of sp³-hybridized carbons (Fsp3) is 0.633. The second-order valence-electron chi connectivity index (χ2n) is 13.0. The van der Waals surface area contributed by atoms with Crippen LogP contribution in [0.4, 0.5) is 4.79 Å². The third-order valence-electron chi connectivity index (χ3n) is 8.46. The third-order valence-corrected chi connectivity index (χ3v) is 10.9. The molecular weight excluding hydrogens is 498 g/mol. The standard InChI is InChI=1S/C30H43NO6Si/c1-30(2,3)15-16-38(4,5)37-19-24-23-17-21-13-9-10-14-22(21)26(28(33)34)25(23)27(32)31(24)29(35)36-18-20-11-7-6-8-12-20/h6-8,11-12,17,22-26H,9-10,13-16,18-19H2,1-5H3,(H,33,34)/t22-,23-,24-,25+,26-/m1/s1. The second kappa shape index (κ2) is 11.3. The van der Waals surface area contributed by atoms with Gasteiger partial charge in [0.05, 0.1) is 24.5 Å². The molecule has 2 fully saturated rings. The molecule has 2 amide bonds. The Morgan fingerprint density at radius 3 is 2.50 bits per heavy atom. The predicted molar refractivity (Wildman–Crippen MR) is 148 cm³/mol. The molecule has 1 aromatic carbocycles. The molecule has 2 aliphatic carbocycles. The van der Waals surface area contributed by atoms with Crippen LogP contribution in [-0.2, 0) is 25.4 Å². The number of benzene rings is 1. The summed E-state index contributed by atoms with van der Waals surface area (Å²) < 4.78 is 12.2. The van der Waals surface area contributed by atoms with E-state index in [0.29, 0.717) is 0 Å². The number of ether oxygens (including phenoxy) is 1. The molecule has 1 N–H and O–H groups in total. The number of carboxylic acids is 1. The number of carbonyl (C=O) groups excluding carboxylic acids is 2. The number of allylic oxidation sites excluding steroid dienone is 1. The van der Waals surface area contributed by atoms with Gasteiger partial charge in [-0.1, -0.05) is 69.2 Å². The van der Waals surface area contributed by atoms with Crippen LogP contribution in [0.5, 0.6) is 0 Å². The minimum Gasteiger partial charge on any atom is -0.481 e. The number of hydrogen-bond acceptors (Lipinski definition) is 5. The average Bonchev–Trinajstić information content (AvgIpc) is 3.14. The van der Waals surface area contributed by atoms with Crippen LogP contribution in [0.2, 0.25) is 19.1 Å². The highest BCUT2D eigenvalue weighted by atomic mass is 28.4. The predicted octanol–water partition coefficient (Wildman–Crippen LogP) is 6.26. The number of nitrogens with zero attached hydrogens (tertiary/aromatic N) is 1. The van der Waals surface area contributed by atoms with Gasteiger partial charge in [0.15, 0.2) is 8.32 Å². The number of rotatable bonds is 8. The summed E-state index contributed by atoms with van der Waals surface area (Å²) in [5.74, 6) is -3.53. The first-order valence-corrected chi connectivity index (χ1v) is 17.1. The van der Waals surface area contributed by atoms with Gasteiger partial charge in [-0.2, -0.15) is 0 Å². The van der Waals surface area contributed by atoms with E-state index in [1.165, 1.54) is 4.90 Å². The highest BCUT2D eigenvalue weighted by molar-refractivity contribution is 6.71. The molecule has 1 aliphatic heterocycles. The van der Waals surface area contributed by atoms with E-state index in [4.69, 9.17) is 9.16 Å². The minimum absolute atomic E-state index is 0.0459. The SMILES string of the molecule is CC(C)(C)CC[Si](C)(C)OC[C@@H]1[C@H]2C=C3CCCC[C@H]3[C@@H](C(=O)O)[C@H]2C(=O)N1C(=O)OCc1ccccc1. The molecular formula is C30H43NO6Si. The smallest absolute Gasteiger partial charge is 0.417 e. The van der Waals surface area contributed by atoms with Gasteiger partial charge in [-0.05, 0) is 61.7 Å². The number of carbonyl (C=O) groups is 3. The second-order valence-corrected chi connectivity index (χ2v) is 17.3. The number of fused-ring (bicyclic) bond motifs is 2. The zero-order valence-electron chi connectivity index (χ0n) is 23.4. The monoisotopic (exact) mass is 541 g/mol. The molecule has 0 bridgehead atoms. The van der Waals surface area contributed by atoms with Crippen LogP contribution in [0.25, 0.3) is 0 Å². The highest BCUT2D eigenvalue weighted by Crippen LogP contribution is 2.50. The Bertz CT molecular complexity index is 1060. The fourth-order valence-electron chi connectivity index (χ4n) is 6.27. The van der Waals surface area contributed by atoms with E-state index >= 15 is 0 Å². The lowest BCUT2D eigenvalue weighted by atomic mass is 9.63. The third kappa shape index (κ3) is 6.39. The van der Waals surface area contributed by atoms with Gasteiger partial charge >= 0.3 is 12.1 Å². The van der Waals surface area contributed by atoms with Gasteiger partial charge in [-0.15, -0.1) is 0 Å². The molecule has 1 heterocycles. The summed E-state index contributed by atoms with van der Waals surface area (Å²) in [7, 11) is -2.10. The lowest BCUT2D eigenvalue weighted by Crippen LogP contribution is -2.45. The number of aliphatic carboxylic acids is 1. The zero-order chi connectivity index (χ0) is 27.7. The van der Waals surface area contributed by atoms with Crippen molar-refractivity contribution < 1.29 is 28.7 Å². The number of likely N-dealkylation sites (tertiary alicyclic amines) is 1. The van der Waals surface area contributed by atoms with Crippen molar-refractivity contribution in [2.45, 2.75) is 84.7 Å². The van der Waals surface area contributed by atoms with Crippen molar-refractivity contribution in [2.24, 2.45) is 29.1 Å². The quantitative estimate of drug-likeness (QED) is 0.309. The Labute approximate surface area is 227 Å². The number of amides is 2. The van der Waals surface area contributed by atoms with E-state index in [1.54, 1.807) is 0 Å². The van der Waals surface area contributed by atoms with E-state index < -0.39 is 44.2 Å². The molecule has 7 nitrogen and oxygen atoms in total. The summed E-state index contributed by atoms with van der Waals surface area (Å²) in [4.78, 5) is 41.0. The lowest BCUT2D eigenvalue weighted by molar-refractivity contribution is -0.150. The number of hydrogen-bond donors (Lipinski definition) is 1. The summed E-state index contributed by atoms with van der Waals surface area (Å²) in [6.07, 6.45) is 6.03. The molecule has 3 aliphatic rings. The van der Waals surface area contributed by atoms with E-state index in [1.807, 2.05) is 30.3 Å². The van der Waals surface area contributed by atoms with Gasteiger partial charge in [-0.3, -0.25) is 9.59 Å². The van der Waals surface area contributed by atoms with E-state index in [0.717, 1.165) is 49.3 Å². The molecule has 1 aromatic rings. The molecule has 0 radical (unpaired) electrons. The topological polar surface area (TPSA) is 93.1 Å². The van der Waals surface area contributed by atoms with Gasteiger partial charge in [0.1, 0.15) is 6.61 Å². The lowest BCUT2D eigenvalue weighted by Gasteiger charge is -2.39. The first-order valence-electron chi connectivity index (χ1n) is 14.0. The van der Waals surface area contributed by atoms with Crippen molar-refractivity contribution >= 4 is 26.3 Å². The average molecular weight is 542 g/mol. The Hall–Kier alpha value is -2.45. The molecule has 38 heavy (non-hydrogen) atoms. The van der Waals surface area contributed by atoms with Crippen LogP contribution in [0.3, 0.4) is 0 Å². The van der Waals surface area contributed by atoms with Crippen LogP contribution in [0.15, 0.2) is 42.0 Å². The summed E-state index contributed by atoms with van der Waals surface area (Å²) in [5.41, 5.74) is 2.14. The first kappa shape index (κ1) is 28.6. The van der Waals surface area contributed by atoms with Gasteiger partial charge < -0.3 is 14.3 Å². The highest BCUT2D eigenvalue weighted by Gasteiger charge is 2.59. The Morgan fingerprint density at radius 2 is 1.84 bits per heavy atom. The molecule has 4 rings (SSSR count). The summed E-state index contributed by atoms with van der Waals surface area (Å²) >= 11 is 0. The van der Waals surface area contributed by atoms with Gasteiger partial charge in [0.2, 0.25) is 5.91 Å². The molecule has 208 valence electrons. The molecule has 0 aromatic heterocycles. The van der Waals surface area contributed by atoms with Crippen LogP contribution in [0, 0.1) is 29.1 Å². The maximum atomic E-state index is 13.9. The summed E-state index contributed by atoms with van der Waals surface area (Å²) in [5, 5.41) is 10.3. The Balaban J connectivity index is 1.61. The fourth-order valence-corrected chi connectivity index (χ4v) is 8.39. The maximum absolute atomic E-state index is 13.9. The van der Waals surface area contributed by atoms with Gasteiger partial charge in [-0.25, -0.2) is 9.69 Å². The van der Waals surface area contributed by atoms with Crippen molar-refractivity contribution in [1.29, 1.82) is 0 Å². The van der Waals surface area contributed by atoms with Crippen LogP contribution < -0.4 is 0 Å². The van der Waals surface area contributed by atoms with Crippen LogP contribution >= 0.6 is 0 Å². The summed E-state index contributed by atoms with van der Waals surface area (Å²) in [6, 6.07) is 9.73. The molecule has 1 saturated carbocycles. The summed E-state index contributed by atoms with van der Waals surface area (Å²) in [6.45, 7) is 11.2. The molecule has 8 heteroatoms. The van der Waals surface area contributed by atoms with E-state index in [-0.39, 0.29) is 30.5 Å². The van der Waals surface area contributed by atoms with Crippen molar-refractivity contribution in [1.82, 2.24) is 4.90 Å².